The second kappa shape index (κ2) is 7.43. The fourth-order valence-corrected chi connectivity index (χ4v) is 4.79. The number of allylic oxidation sites excluding steroid dienone is 1. The first kappa shape index (κ1) is 18.0. The first-order valence-electron chi connectivity index (χ1n) is 10.5. The van der Waals surface area contributed by atoms with Crippen molar-refractivity contribution in [1.29, 1.82) is 0 Å². The van der Waals surface area contributed by atoms with Gasteiger partial charge < -0.3 is 15.1 Å². The molecular formula is C23H25N3O3. The number of para-hydroxylation sites is 2. The number of benzene rings is 1. The molecule has 1 fully saturated rings. The first-order valence-corrected chi connectivity index (χ1v) is 10.5. The van der Waals surface area contributed by atoms with E-state index >= 15 is 0 Å². The normalized spacial score (nSPS) is 22.0. The van der Waals surface area contributed by atoms with Crippen LogP contribution < -0.4 is 15.5 Å². The van der Waals surface area contributed by atoms with Crippen molar-refractivity contribution in [3.8, 4) is 0 Å². The van der Waals surface area contributed by atoms with Crippen LogP contribution in [-0.2, 0) is 4.79 Å². The van der Waals surface area contributed by atoms with E-state index < -0.39 is 6.04 Å². The summed E-state index contributed by atoms with van der Waals surface area (Å²) in [5.74, 6) is 0.680. The molecule has 1 aliphatic heterocycles. The maximum atomic E-state index is 13.6. The number of carbonyl (C=O) groups is 2. The summed E-state index contributed by atoms with van der Waals surface area (Å²) in [7, 11) is 0. The summed E-state index contributed by atoms with van der Waals surface area (Å²) in [6, 6.07) is 10.8. The molecule has 2 aromatic rings. The molecule has 2 amide bonds. The quantitative estimate of drug-likeness (QED) is 0.763. The molecule has 2 N–H and O–H groups in total. The molecule has 3 aliphatic rings. The van der Waals surface area contributed by atoms with Gasteiger partial charge in [-0.2, -0.15) is 0 Å². The summed E-state index contributed by atoms with van der Waals surface area (Å²) in [5.41, 5.74) is 3.13. The Balaban J connectivity index is 1.66. The smallest absolute Gasteiger partial charge is 0.323 e. The second-order valence-electron chi connectivity index (χ2n) is 8.03. The van der Waals surface area contributed by atoms with E-state index in [2.05, 4.69) is 10.6 Å². The van der Waals surface area contributed by atoms with Crippen LogP contribution in [-0.4, -0.2) is 17.9 Å². The van der Waals surface area contributed by atoms with Crippen LogP contribution in [0, 0.1) is 0 Å². The molecule has 0 spiro atoms. The highest BCUT2D eigenvalue weighted by Gasteiger charge is 2.41. The lowest BCUT2D eigenvalue weighted by atomic mass is 9.88. The predicted octanol–water partition coefficient (Wildman–Crippen LogP) is 4.91. The molecule has 1 aromatic heterocycles. The van der Waals surface area contributed by atoms with Gasteiger partial charge in [-0.25, -0.2) is 4.79 Å². The zero-order valence-corrected chi connectivity index (χ0v) is 16.3. The van der Waals surface area contributed by atoms with Gasteiger partial charge in [0.25, 0.3) is 0 Å². The molecule has 1 aromatic carbocycles. The predicted molar refractivity (Wildman–Crippen MR) is 111 cm³/mol. The minimum atomic E-state index is -0.578. The van der Waals surface area contributed by atoms with Gasteiger partial charge in [-0.1, -0.05) is 25.0 Å². The van der Waals surface area contributed by atoms with Crippen molar-refractivity contribution >= 4 is 23.2 Å². The molecule has 0 saturated heterocycles. The van der Waals surface area contributed by atoms with Gasteiger partial charge in [0, 0.05) is 23.7 Å². The van der Waals surface area contributed by atoms with E-state index in [1.165, 1.54) is 0 Å². The zero-order valence-electron chi connectivity index (χ0n) is 16.3. The van der Waals surface area contributed by atoms with E-state index in [1.807, 2.05) is 30.3 Å². The van der Waals surface area contributed by atoms with Crippen molar-refractivity contribution in [3.05, 3.63) is 59.7 Å². The van der Waals surface area contributed by atoms with E-state index in [0.717, 1.165) is 55.6 Å². The largest absolute Gasteiger partial charge is 0.467 e. The average molecular weight is 391 g/mol. The van der Waals surface area contributed by atoms with Gasteiger partial charge in [0.2, 0.25) is 0 Å². The number of hydrogen-bond donors (Lipinski definition) is 2. The molecule has 6 heteroatoms. The lowest BCUT2D eigenvalue weighted by molar-refractivity contribution is -0.116. The SMILES string of the molecule is O=C1CCCC2=C1[C@@H](c1ccco1)N(C(=O)NC1CCCC1)c1ccccc1N2. The highest BCUT2D eigenvalue weighted by atomic mass is 16.3. The number of rotatable bonds is 2. The number of carbonyl (C=O) groups excluding carboxylic acids is 2. The Kier molecular flexibility index (Phi) is 4.62. The standard InChI is InChI=1S/C23H25N3O3/c27-19-12-5-10-17-21(19)22(20-13-6-14-29-20)26(18-11-4-3-9-16(18)25-17)23(28)24-15-7-1-2-8-15/h3-4,6,9,11,13-15,22,25H,1-2,5,7-8,10,12H2,(H,24,28)/t22-/m1/s1. The minimum absolute atomic E-state index is 0.0756. The highest BCUT2D eigenvalue weighted by molar-refractivity contribution is 6.05. The Morgan fingerprint density at radius 1 is 1.07 bits per heavy atom. The maximum absolute atomic E-state index is 13.6. The van der Waals surface area contributed by atoms with Gasteiger partial charge in [-0.3, -0.25) is 9.69 Å². The van der Waals surface area contributed by atoms with Gasteiger partial charge in [0.1, 0.15) is 11.8 Å². The summed E-state index contributed by atoms with van der Waals surface area (Å²) in [6.45, 7) is 0. The number of amides is 2. The summed E-state index contributed by atoms with van der Waals surface area (Å²) in [4.78, 5) is 28.3. The molecule has 29 heavy (non-hydrogen) atoms. The second-order valence-corrected chi connectivity index (χ2v) is 8.03. The Bertz CT molecular complexity index is 958. The monoisotopic (exact) mass is 391 g/mol. The van der Waals surface area contributed by atoms with Gasteiger partial charge in [0.05, 0.1) is 17.6 Å². The van der Waals surface area contributed by atoms with E-state index in [-0.39, 0.29) is 17.9 Å². The van der Waals surface area contributed by atoms with E-state index in [9.17, 15) is 9.59 Å². The lowest BCUT2D eigenvalue weighted by Crippen LogP contribution is -2.47. The number of nitrogens with one attached hydrogen (secondary N) is 2. The molecule has 0 unspecified atom stereocenters. The van der Waals surface area contributed by atoms with Crippen molar-refractivity contribution in [2.24, 2.45) is 0 Å². The van der Waals surface area contributed by atoms with Crippen LogP contribution in [0.15, 0.2) is 58.3 Å². The number of furan rings is 1. The Hall–Kier alpha value is -3.02. The van der Waals surface area contributed by atoms with Crippen LogP contribution in [0.2, 0.25) is 0 Å². The van der Waals surface area contributed by atoms with Crippen molar-refractivity contribution < 1.29 is 14.0 Å². The van der Waals surface area contributed by atoms with E-state index in [1.54, 1.807) is 17.2 Å². The van der Waals surface area contributed by atoms with Crippen molar-refractivity contribution in [1.82, 2.24) is 5.32 Å². The minimum Gasteiger partial charge on any atom is -0.467 e. The molecule has 1 saturated carbocycles. The van der Waals surface area contributed by atoms with Crippen LogP contribution in [0.3, 0.4) is 0 Å². The third-order valence-electron chi connectivity index (χ3n) is 6.15. The van der Waals surface area contributed by atoms with Crippen LogP contribution in [0.4, 0.5) is 16.2 Å². The lowest BCUT2D eigenvalue weighted by Gasteiger charge is -2.33. The Morgan fingerprint density at radius 3 is 2.69 bits per heavy atom. The summed E-state index contributed by atoms with van der Waals surface area (Å²) in [5, 5.41) is 6.66. The van der Waals surface area contributed by atoms with E-state index in [4.69, 9.17) is 4.42 Å². The number of nitrogens with zero attached hydrogens (tertiary/aromatic N) is 1. The molecule has 6 nitrogen and oxygen atoms in total. The summed E-state index contributed by atoms with van der Waals surface area (Å²) in [6.07, 6.45) is 7.95. The molecule has 5 rings (SSSR count). The van der Waals surface area contributed by atoms with Crippen molar-refractivity contribution in [2.75, 3.05) is 10.2 Å². The first-order chi connectivity index (χ1) is 14.2. The molecular weight excluding hydrogens is 366 g/mol. The summed E-state index contributed by atoms with van der Waals surface area (Å²) < 4.78 is 5.76. The van der Waals surface area contributed by atoms with Crippen LogP contribution in [0.1, 0.15) is 56.7 Å². The summed E-state index contributed by atoms with van der Waals surface area (Å²) >= 11 is 0. The fourth-order valence-electron chi connectivity index (χ4n) is 4.79. The molecule has 1 atom stereocenters. The average Bonchev–Trinajstić information content (AvgIpc) is 3.40. The van der Waals surface area contributed by atoms with E-state index in [0.29, 0.717) is 17.8 Å². The molecule has 0 bridgehead atoms. The third kappa shape index (κ3) is 3.22. The molecule has 150 valence electrons. The number of ketones is 1. The van der Waals surface area contributed by atoms with Gasteiger partial charge >= 0.3 is 6.03 Å². The molecule has 2 heterocycles. The topological polar surface area (TPSA) is 74.6 Å². The number of urea groups is 1. The van der Waals surface area contributed by atoms with Crippen molar-refractivity contribution in [3.63, 3.8) is 0 Å². The number of hydrogen-bond acceptors (Lipinski definition) is 4. The van der Waals surface area contributed by atoms with Gasteiger partial charge in [0.15, 0.2) is 5.78 Å². The Labute approximate surface area is 170 Å². The fraction of sp³-hybridized carbons (Fsp3) is 0.391. The highest BCUT2D eigenvalue weighted by Crippen LogP contribution is 2.44. The number of fused-ring (bicyclic) bond motifs is 1. The van der Waals surface area contributed by atoms with Crippen molar-refractivity contribution in [2.45, 2.75) is 57.0 Å². The van der Waals surface area contributed by atoms with Crippen LogP contribution in [0.25, 0.3) is 0 Å². The molecule has 0 radical (unpaired) electrons. The van der Waals surface area contributed by atoms with Gasteiger partial charge in [-0.15, -0.1) is 0 Å². The maximum Gasteiger partial charge on any atom is 0.323 e. The third-order valence-corrected chi connectivity index (χ3v) is 6.15. The van der Waals surface area contributed by atoms with Gasteiger partial charge in [-0.05, 0) is 49.9 Å². The number of anilines is 2. The molecule has 2 aliphatic carbocycles. The zero-order chi connectivity index (χ0) is 19.8. The van der Waals surface area contributed by atoms with Crippen LogP contribution in [0.5, 0.6) is 0 Å². The number of Topliss-reactive ketones (excluding diaryl/α,β-unsaturated/α-hetero) is 1. The Morgan fingerprint density at radius 2 is 1.90 bits per heavy atom. The van der Waals surface area contributed by atoms with Crippen LogP contribution >= 0.6 is 0 Å².